The molecule has 0 aromatic heterocycles. The predicted molar refractivity (Wildman–Crippen MR) is 49.9 cm³/mol. The largest absolute Gasteiger partial charge is 0.479 e. The van der Waals surface area contributed by atoms with Crippen LogP contribution in [0.3, 0.4) is 0 Å². The maximum Gasteiger partial charge on any atom is 0.334 e. The second-order valence-electron chi connectivity index (χ2n) is 2.87. The van der Waals surface area contributed by atoms with Gasteiger partial charge in [0.1, 0.15) is 0 Å². The number of carbonyl (C=O) groups is 2. The number of hydrogen-bond donors (Lipinski definition) is 3. The molecule has 0 bridgehead atoms. The van der Waals surface area contributed by atoms with Gasteiger partial charge in [-0.3, -0.25) is 0 Å². The van der Waals surface area contributed by atoms with Crippen molar-refractivity contribution in [3.8, 4) is 6.07 Å². The first-order valence-corrected chi connectivity index (χ1v) is 4.25. The fraction of sp³-hybridized carbons (Fsp3) is 0.625. The summed E-state index contributed by atoms with van der Waals surface area (Å²) in [6.07, 6.45) is -1.41. The average molecular weight is 215 g/mol. The van der Waals surface area contributed by atoms with Crippen LogP contribution in [-0.2, 0) is 4.79 Å². The summed E-state index contributed by atoms with van der Waals surface area (Å²) in [5, 5.41) is 27.6. The molecule has 0 aromatic carbocycles. The molecule has 0 fully saturated rings. The van der Waals surface area contributed by atoms with Crippen molar-refractivity contribution in [2.75, 3.05) is 20.1 Å². The first kappa shape index (κ1) is 13.2. The van der Waals surface area contributed by atoms with Crippen molar-refractivity contribution in [1.82, 2.24) is 10.2 Å². The van der Waals surface area contributed by atoms with Gasteiger partial charge in [-0.1, -0.05) is 0 Å². The van der Waals surface area contributed by atoms with Crippen LogP contribution >= 0.6 is 0 Å². The molecule has 0 aliphatic carbocycles. The zero-order chi connectivity index (χ0) is 11.8. The predicted octanol–water partition coefficient (Wildman–Crippen LogP) is -1.01. The van der Waals surface area contributed by atoms with E-state index in [0.29, 0.717) is 0 Å². The van der Waals surface area contributed by atoms with Crippen LogP contribution in [0.2, 0.25) is 0 Å². The number of nitrogens with one attached hydrogen (secondary N) is 1. The number of amides is 2. The number of carboxylic acid groups (broad SMARTS) is 1. The van der Waals surface area contributed by atoms with E-state index in [9.17, 15) is 9.59 Å². The summed E-state index contributed by atoms with van der Waals surface area (Å²) in [5.74, 6) is -1.39. The lowest BCUT2D eigenvalue weighted by Gasteiger charge is -2.16. The Morgan fingerprint density at radius 2 is 2.20 bits per heavy atom. The Kier molecular flexibility index (Phi) is 5.82. The van der Waals surface area contributed by atoms with Crippen LogP contribution in [0.5, 0.6) is 0 Å². The molecule has 0 heterocycles. The van der Waals surface area contributed by atoms with E-state index in [1.165, 1.54) is 11.9 Å². The van der Waals surface area contributed by atoms with Gasteiger partial charge in [0.15, 0.2) is 6.10 Å². The molecule has 0 aromatic rings. The Morgan fingerprint density at radius 3 is 2.67 bits per heavy atom. The molecule has 0 saturated carbocycles. The third kappa shape index (κ3) is 5.49. The van der Waals surface area contributed by atoms with Gasteiger partial charge in [-0.05, 0) is 0 Å². The molecule has 7 heteroatoms. The van der Waals surface area contributed by atoms with Crippen molar-refractivity contribution in [3.05, 3.63) is 0 Å². The molecule has 0 spiro atoms. The van der Waals surface area contributed by atoms with Crippen LogP contribution < -0.4 is 5.32 Å². The smallest absolute Gasteiger partial charge is 0.334 e. The molecule has 2 amide bonds. The van der Waals surface area contributed by atoms with E-state index >= 15 is 0 Å². The Morgan fingerprint density at radius 1 is 1.60 bits per heavy atom. The van der Waals surface area contributed by atoms with Crippen LogP contribution in [0.15, 0.2) is 0 Å². The number of aliphatic hydroxyl groups excluding tert-OH is 1. The van der Waals surface area contributed by atoms with Crippen LogP contribution in [0.1, 0.15) is 6.42 Å². The van der Waals surface area contributed by atoms with E-state index in [2.05, 4.69) is 5.32 Å². The van der Waals surface area contributed by atoms with Crippen LogP contribution in [0, 0.1) is 11.3 Å². The summed E-state index contributed by atoms with van der Waals surface area (Å²) in [6, 6.07) is 1.35. The zero-order valence-electron chi connectivity index (χ0n) is 8.30. The number of carboxylic acids is 1. The first-order valence-electron chi connectivity index (χ1n) is 4.25. The van der Waals surface area contributed by atoms with Gasteiger partial charge in [0.2, 0.25) is 0 Å². The van der Waals surface area contributed by atoms with Gasteiger partial charge in [-0.15, -0.1) is 0 Å². The topological polar surface area (TPSA) is 114 Å². The minimum Gasteiger partial charge on any atom is -0.479 e. The third-order valence-electron chi connectivity index (χ3n) is 1.64. The Balaban J connectivity index is 3.83. The molecule has 0 radical (unpaired) electrons. The Labute approximate surface area is 86.9 Å². The molecular weight excluding hydrogens is 202 g/mol. The molecular formula is C8H13N3O4. The van der Waals surface area contributed by atoms with E-state index in [0.717, 1.165) is 0 Å². The normalized spacial score (nSPS) is 11.3. The molecule has 84 valence electrons. The summed E-state index contributed by atoms with van der Waals surface area (Å²) < 4.78 is 0. The lowest BCUT2D eigenvalue weighted by molar-refractivity contribution is -0.146. The minimum absolute atomic E-state index is 0.200. The second kappa shape index (κ2) is 6.62. The summed E-state index contributed by atoms with van der Waals surface area (Å²) in [6.45, 7) is -0.101. The van der Waals surface area contributed by atoms with E-state index in [4.69, 9.17) is 15.5 Å². The number of rotatable bonds is 5. The molecule has 0 saturated heterocycles. The van der Waals surface area contributed by atoms with Crippen molar-refractivity contribution < 1.29 is 19.8 Å². The van der Waals surface area contributed by atoms with Crippen molar-refractivity contribution in [2.24, 2.45) is 0 Å². The van der Waals surface area contributed by atoms with E-state index < -0.39 is 18.1 Å². The monoisotopic (exact) mass is 215 g/mol. The van der Waals surface area contributed by atoms with E-state index in [-0.39, 0.29) is 19.5 Å². The van der Waals surface area contributed by atoms with Crippen molar-refractivity contribution >= 4 is 12.0 Å². The van der Waals surface area contributed by atoms with Gasteiger partial charge in [-0.25, -0.2) is 9.59 Å². The van der Waals surface area contributed by atoms with E-state index in [1.807, 2.05) is 6.07 Å². The lowest BCUT2D eigenvalue weighted by atomic mass is 10.3. The van der Waals surface area contributed by atoms with Gasteiger partial charge in [0.25, 0.3) is 0 Å². The van der Waals surface area contributed by atoms with Crippen LogP contribution in [-0.4, -0.2) is 53.4 Å². The molecule has 0 aliphatic rings. The summed E-state index contributed by atoms with van der Waals surface area (Å²) in [7, 11) is 1.47. The molecule has 1 unspecified atom stereocenters. The number of carbonyl (C=O) groups excluding carboxylic acids is 1. The zero-order valence-corrected chi connectivity index (χ0v) is 8.30. The maximum atomic E-state index is 11.2. The highest BCUT2D eigenvalue weighted by Gasteiger charge is 2.15. The third-order valence-corrected chi connectivity index (χ3v) is 1.64. The lowest BCUT2D eigenvalue weighted by Crippen LogP contribution is -2.43. The van der Waals surface area contributed by atoms with E-state index in [1.54, 1.807) is 0 Å². The molecule has 3 N–H and O–H groups in total. The average Bonchev–Trinajstić information content (AvgIpc) is 2.21. The van der Waals surface area contributed by atoms with Crippen molar-refractivity contribution in [2.45, 2.75) is 12.5 Å². The van der Waals surface area contributed by atoms with Crippen LogP contribution in [0.4, 0.5) is 4.79 Å². The number of urea groups is 1. The van der Waals surface area contributed by atoms with Gasteiger partial charge < -0.3 is 20.4 Å². The number of aliphatic hydroxyl groups is 1. The second-order valence-corrected chi connectivity index (χ2v) is 2.87. The fourth-order valence-corrected chi connectivity index (χ4v) is 0.726. The number of hydrogen-bond acceptors (Lipinski definition) is 4. The number of aliphatic carboxylic acids is 1. The highest BCUT2D eigenvalue weighted by molar-refractivity contribution is 5.76. The summed E-state index contributed by atoms with van der Waals surface area (Å²) in [5.41, 5.74) is 0. The van der Waals surface area contributed by atoms with Crippen LogP contribution in [0.25, 0.3) is 0 Å². The number of nitriles is 1. The summed E-state index contributed by atoms with van der Waals surface area (Å²) >= 11 is 0. The minimum atomic E-state index is -1.61. The molecule has 0 aliphatic heterocycles. The van der Waals surface area contributed by atoms with Gasteiger partial charge in [0, 0.05) is 13.6 Å². The quantitative estimate of drug-likeness (QED) is 0.543. The Bertz CT molecular complexity index is 274. The maximum absolute atomic E-state index is 11.2. The molecule has 15 heavy (non-hydrogen) atoms. The SMILES string of the molecule is CN(CCC#N)C(=O)NCC(O)C(=O)O. The number of nitrogens with zero attached hydrogens (tertiary/aromatic N) is 2. The molecule has 1 atom stereocenters. The van der Waals surface area contributed by atoms with Gasteiger partial charge >= 0.3 is 12.0 Å². The van der Waals surface area contributed by atoms with Gasteiger partial charge in [0.05, 0.1) is 19.0 Å². The molecule has 7 nitrogen and oxygen atoms in total. The highest BCUT2D eigenvalue weighted by Crippen LogP contribution is 1.88. The van der Waals surface area contributed by atoms with Crippen molar-refractivity contribution in [1.29, 1.82) is 5.26 Å². The fourth-order valence-electron chi connectivity index (χ4n) is 0.726. The Hall–Kier alpha value is -1.81. The summed E-state index contributed by atoms with van der Waals surface area (Å²) in [4.78, 5) is 22.6. The van der Waals surface area contributed by atoms with Crippen molar-refractivity contribution in [3.63, 3.8) is 0 Å². The molecule has 0 rings (SSSR count). The highest BCUT2D eigenvalue weighted by atomic mass is 16.4. The van der Waals surface area contributed by atoms with Gasteiger partial charge in [-0.2, -0.15) is 5.26 Å². The first-order chi connectivity index (χ1) is 6.99. The standard InChI is InChI=1S/C8H13N3O4/c1-11(4-2-3-9)8(15)10-5-6(12)7(13)14/h6,12H,2,4-5H2,1H3,(H,10,15)(H,13,14).